The van der Waals surface area contributed by atoms with Gasteiger partial charge >= 0.3 is 14.3 Å². The molecule has 0 aromatic heterocycles. The van der Waals surface area contributed by atoms with E-state index in [1.165, 1.54) is 5.09 Å². The minimum atomic E-state index is -2.74. The monoisotopic (exact) mass is 124 g/mol. The van der Waals surface area contributed by atoms with Crippen LogP contribution < -0.4 is 5.09 Å². The Morgan fingerprint density at radius 3 is 2.14 bits per heavy atom. The predicted octanol–water partition coefficient (Wildman–Crippen LogP) is -0.0963. The van der Waals surface area contributed by atoms with Crippen molar-refractivity contribution in [3.63, 3.8) is 0 Å². The predicted molar refractivity (Wildman–Crippen MR) is 21.0 cm³/mol. The third kappa shape index (κ3) is 5.33. The first kappa shape index (κ1) is 6.33. The molecule has 0 saturated carbocycles. The van der Waals surface area contributed by atoms with E-state index < -0.39 is 14.3 Å². The Morgan fingerprint density at radius 2 is 2.14 bits per heavy atom. The Bertz CT molecular complexity index is 87.9. The normalized spacial score (nSPS) is 10.1. The van der Waals surface area contributed by atoms with E-state index in [4.69, 9.17) is 10.00 Å². The SMILES string of the molecule is O=C(O)N[P+](=O)O. The lowest BCUT2D eigenvalue weighted by molar-refractivity contribution is 0.200. The second kappa shape index (κ2) is 2.49. The van der Waals surface area contributed by atoms with Crippen molar-refractivity contribution in [3.05, 3.63) is 0 Å². The molecular formula is CH3NO4P+. The number of carbonyl (C=O) groups is 1. The van der Waals surface area contributed by atoms with Crippen LogP contribution in [-0.2, 0) is 4.57 Å². The van der Waals surface area contributed by atoms with Crippen molar-refractivity contribution in [1.29, 1.82) is 0 Å². The molecule has 0 aliphatic heterocycles. The van der Waals surface area contributed by atoms with Gasteiger partial charge in [0.05, 0.1) is 0 Å². The van der Waals surface area contributed by atoms with Crippen LogP contribution >= 0.6 is 8.18 Å². The fourth-order valence-corrected chi connectivity index (χ4v) is 0.245. The standard InChI is InChI=1S/CH2NO4P/c3-1(4)2-7(5)6/h(H2-,2,3,4,5,6)/p+1. The smallest absolute Gasteiger partial charge is 0.463 e. The lowest BCUT2D eigenvalue weighted by atomic mass is 11.3. The summed E-state index contributed by atoms with van der Waals surface area (Å²) < 4.78 is 9.47. The van der Waals surface area contributed by atoms with Crippen molar-refractivity contribution in [2.75, 3.05) is 0 Å². The molecule has 1 unspecified atom stereocenters. The summed E-state index contributed by atoms with van der Waals surface area (Å²) >= 11 is 0. The lowest BCUT2D eigenvalue weighted by Gasteiger charge is -1.72. The molecule has 6 heteroatoms. The van der Waals surface area contributed by atoms with Crippen LogP contribution in [0.5, 0.6) is 0 Å². The highest BCUT2D eigenvalue weighted by atomic mass is 31.1. The molecule has 1 amide bonds. The van der Waals surface area contributed by atoms with Gasteiger partial charge in [0.25, 0.3) is 0 Å². The molecule has 0 aromatic rings. The number of hydrogen-bond acceptors (Lipinski definition) is 2. The number of carboxylic acid groups (broad SMARTS) is 1. The van der Waals surface area contributed by atoms with Crippen LogP contribution in [-0.4, -0.2) is 16.1 Å². The first-order chi connectivity index (χ1) is 3.13. The van der Waals surface area contributed by atoms with Gasteiger partial charge in [0.2, 0.25) is 0 Å². The summed E-state index contributed by atoms with van der Waals surface area (Å²) in [6.45, 7) is 0. The average Bonchev–Trinajstić information content (AvgIpc) is 1.27. The van der Waals surface area contributed by atoms with Gasteiger partial charge in [-0.25, -0.2) is 4.79 Å². The zero-order chi connectivity index (χ0) is 5.86. The van der Waals surface area contributed by atoms with Crippen molar-refractivity contribution in [2.24, 2.45) is 0 Å². The molecule has 1 atom stereocenters. The van der Waals surface area contributed by atoms with Crippen LogP contribution in [0.1, 0.15) is 0 Å². The van der Waals surface area contributed by atoms with E-state index in [1.54, 1.807) is 0 Å². The molecular weight excluding hydrogens is 121 g/mol. The molecule has 0 fully saturated rings. The molecule has 0 bridgehead atoms. The van der Waals surface area contributed by atoms with Crippen molar-refractivity contribution in [1.82, 2.24) is 5.09 Å². The Kier molecular flexibility index (Phi) is 2.26. The maximum absolute atomic E-state index is 9.47. The quantitative estimate of drug-likeness (QED) is 0.426. The van der Waals surface area contributed by atoms with Crippen LogP contribution in [0.4, 0.5) is 4.79 Å². The van der Waals surface area contributed by atoms with Crippen LogP contribution in [0.3, 0.4) is 0 Å². The van der Waals surface area contributed by atoms with Gasteiger partial charge in [-0.05, 0) is 4.57 Å². The van der Waals surface area contributed by atoms with Crippen molar-refractivity contribution < 1.29 is 19.4 Å². The first-order valence-electron chi connectivity index (χ1n) is 1.28. The van der Waals surface area contributed by atoms with E-state index in [-0.39, 0.29) is 0 Å². The van der Waals surface area contributed by atoms with Gasteiger partial charge < -0.3 is 5.11 Å². The molecule has 0 aromatic carbocycles. The van der Waals surface area contributed by atoms with Crippen molar-refractivity contribution >= 4 is 14.3 Å². The first-order valence-corrected chi connectivity index (χ1v) is 2.50. The topological polar surface area (TPSA) is 86.6 Å². The summed E-state index contributed by atoms with van der Waals surface area (Å²) in [5, 5.41) is 8.92. The summed E-state index contributed by atoms with van der Waals surface area (Å²) in [6.07, 6.45) is -1.50. The number of nitrogens with one attached hydrogen (secondary N) is 1. The molecule has 40 valence electrons. The summed E-state index contributed by atoms with van der Waals surface area (Å²) in [5.74, 6) is 0. The van der Waals surface area contributed by atoms with E-state index in [0.717, 1.165) is 0 Å². The molecule has 5 nitrogen and oxygen atoms in total. The molecule has 7 heavy (non-hydrogen) atoms. The molecule has 0 aliphatic rings. The van der Waals surface area contributed by atoms with Crippen LogP contribution in [0.25, 0.3) is 0 Å². The molecule has 0 radical (unpaired) electrons. The number of hydrogen-bond donors (Lipinski definition) is 3. The zero-order valence-corrected chi connectivity index (χ0v) is 4.05. The third-order valence-electron chi connectivity index (χ3n) is 0.191. The molecule has 0 heterocycles. The summed E-state index contributed by atoms with van der Waals surface area (Å²) in [6, 6.07) is 0. The number of amides is 1. The van der Waals surface area contributed by atoms with E-state index in [0.29, 0.717) is 0 Å². The maximum Gasteiger partial charge on any atom is 0.646 e. The minimum Gasteiger partial charge on any atom is -0.463 e. The molecule has 0 rings (SSSR count). The molecule has 0 saturated heterocycles. The molecule has 3 N–H and O–H groups in total. The molecule has 0 aliphatic carbocycles. The van der Waals surface area contributed by atoms with Gasteiger partial charge in [-0.2, -0.15) is 0 Å². The highest BCUT2D eigenvalue weighted by Gasteiger charge is 2.12. The van der Waals surface area contributed by atoms with Crippen LogP contribution in [0, 0.1) is 0 Å². The Morgan fingerprint density at radius 1 is 1.71 bits per heavy atom. The fourth-order valence-electron chi connectivity index (χ4n) is 0.0818. The van der Waals surface area contributed by atoms with Gasteiger partial charge in [-0.1, -0.05) is 5.09 Å². The number of rotatable bonds is 1. The van der Waals surface area contributed by atoms with Gasteiger partial charge in [0.15, 0.2) is 0 Å². The summed E-state index contributed by atoms with van der Waals surface area (Å²) in [4.78, 5) is 17.1. The van der Waals surface area contributed by atoms with Gasteiger partial charge in [-0.15, -0.1) is 4.89 Å². The van der Waals surface area contributed by atoms with Gasteiger partial charge in [-0.3, -0.25) is 0 Å². The van der Waals surface area contributed by atoms with E-state index in [1.807, 2.05) is 0 Å². The Labute approximate surface area is 39.9 Å². The highest BCUT2D eigenvalue weighted by molar-refractivity contribution is 7.36. The van der Waals surface area contributed by atoms with Gasteiger partial charge in [0.1, 0.15) is 0 Å². The maximum atomic E-state index is 9.47. The largest absolute Gasteiger partial charge is 0.646 e. The van der Waals surface area contributed by atoms with Gasteiger partial charge in [0, 0.05) is 0 Å². The van der Waals surface area contributed by atoms with Crippen LogP contribution in [0.15, 0.2) is 0 Å². The Balaban J connectivity index is 3.32. The van der Waals surface area contributed by atoms with E-state index >= 15 is 0 Å². The fraction of sp³-hybridized carbons (Fsp3) is 0. The molecule has 0 spiro atoms. The lowest BCUT2D eigenvalue weighted by Crippen LogP contribution is -2.10. The minimum absolute atomic E-state index is 1.29. The third-order valence-corrected chi connectivity index (χ3v) is 0.574. The Hall–Kier alpha value is -0.670. The summed E-state index contributed by atoms with van der Waals surface area (Å²) in [5.41, 5.74) is 0. The second-order valence-corrected chi connectivity index (χ2v) is 1.46. The highest BCUT2D eigenvalue weighted by Crippen LogP contribution is 2.02. The average molecular weight is 124 g/mol. The van der Waals surface area contributed by atoms with E-state index in [2.05, 4.69) is 0 Å². The van der Waals surface area contributed by atoms with Crippen molar-refractivity contribution in [2.45, 2.75) is 0 Å². The van der Waals surface area contributed by atoms with Crippen LogP contribution in [0.2, 0.25) is 0 Å². The zero-order valence-electron chi connectivity index (χ0n) is 3.16. The van der Waals surface area contributed by atoms with Crippen molar-refractivity contribution in [3.8, 4) is 0 Å². The second-order valence-electron chi connectivity index (χ2n) is 0.690. The van der Waals surface area contributed by atoms with E-state index in [9.17, 15) is 9.36 Å². The summed E-state index contributed by atoms with van der Waals surface area (Å²) in [7, 11) is -2.74.